The zero-order valence-corrected chi connectivity index (χ0v) is 9.88. The SMILES string of the molecule is COc1ccc2c(c1)CC(CC(C)O)S2. The van der Waals surface area contributed by atoms with Gasteiger partial charge < -0.3 is 9.84 Å². The Kier molecular flexibility index (Phi) is 3.22. The number of hydrogen-bond donors (Lipinski definition) is 1. The second-order valence-corrected chi connectivity index (χ2v) is 5.34. The first-order valence-corrected chi connectivity index (χ1v) is 6.08. The van der Waals surface area contributed by atoms with Crippen molar-refractivity contribution in [1.82, 2.24) is 0 Å². The molecule has 3 heteroatoms. The van der Waals surface area contributed by atoms with E-state index in [2.05, 4.69) is 12.1 Å². The van der Waals surface area contributed by atoms with E-state index >= 15 is 0 Å². The van der Waals surface area contributed by atoms with Crippen LogP contribution in [-0.4, -0.2) is 23.6 Å². The first kappa shape index (κ1) is 10.8. The zero-order chi connectivity index (χ0) is 10.8. The molecule has 15 heavy (non-hydrogen) atoms. The van der Waals surface area contributed by atoms with Crippen molar-refractivity contribution in [3.8, 4) is 5.75 Å². The van der Waals surface area contributed by atoms with Crippen molar-refractivity contribution < 1.29 is 9.84 Å². The smallest absolute Gasteiger partial charge is 0.119 e. The van der Waals surface area contributed by atoms with Crippen molar-refractivity contribution in [2.24, 2.45) is 0 Å². The third-order valence-corrected chi connectivity index (χ3v) is 3.96. The van der Waals surface area contributed by atoms with Crippen molar-refractivity contribution >= 4 is 11.8 Å². The van der Waals surface area contributed by atoms with Crippen LogP contribution in [0.1, 0.15) is 18.9 Å². The van der Waals surface area contributed by atoms with Crippen molar-refractivity contribution in [3.05, 3.63) is 23.8 Å². The van der Waals surface area contributed by atoms with Crippen LogP contribution in [0.25, 0.3) is 0 Å². The number of fused-ring (bicyclic) bond motifs is 1. The monoisotopic (exact) mass is 224 g/mol. The zero-order valence-electron chi connectivity index (χ0n) is 9.06. The lowest BCUT2D eigenvalue weighted by atomic mass is 10.1. The van der Waals surface area contributed by atoms with Gasteiger partial charge in [-0.25, -0.2) is 0 Å². The van der Waals surface area contributed by atoms with Gasteiger partial charge in [0.2, 0.25) is 0 Å². The standard InChI is InChI=1S/C12H16O2S/c1-8(13)5-11-7-9-6-10(14-2)3-4-12(9)15-11/h3-4,6,8,11,13H,5,7H2,1-2H3. The Morgan fingerprint density at radius 3 is 3.07 bits per heavy atom. The van der Waals surface area contributed by atoms with Gasteiger partial charge >= 0.3 is 0 Å². The molecule has 0 aliphatic carbocycles. The molecule has 0 fully saturated rings. The molecule has 2 nitrogen and oxygen atoms in total. The Labute approximate surface area is 94.6 Å². The number of methoxy groups -OCH3 is 1. The quantitative estimate of drug-likeness (QED) is 0.855. The summed E-state index contributed by atoms with van der Waals surface area (Å²) in [6.07, 6.45) is 1.70. The fourth-order valence-corrected chi connectivity index (χ4v) is 3.37. The van der Waals surface area contributed by atoms with Gasteiger partial charge in [-0.05, 0) is 43.5 Å². The minimum atomic E-state index is -0.210. The fourth-order valence-electron chi connectivity index (χ4n) is 1.94. The summed E-state index contributed by atoms with van der Waals surface area (Å²) >= 11 is 1.87. The maximum Gasteiger partial charge on any atom is 0.119 e. The minimum absolute atomic E-state index is 0.210. The van der Waals surface area contributed by atoms with Crippen LogP contribution >= 0.6 is 11.8 Å². The molecule has 0 saturated carbocycles. The number of thioether (sulfide) groups is 1. The van der Waals surface area contributed by atoms with E-state index in [1.807, 2.05) is 24.8 Å². The van der Waals surface area contributed by atoms with Gasteiger partial charge in [-0.15, -0.1) is 11.8 Å². The van der Waals surface area contributed by atoms with Crippen molar-refractivity contribution in [1.29, 1.82) is 0 Å². The summed E-state index contributed by atoms with van der Waals surface area (Å²) in [5, 5.41) is 9.87. The summed E-state index contributed by atoms with van der Waals surface area (Å²) in [5.74, 6) is 0.923. The van der Waals surface area contributed by atoms with E-state index in [0.29, 0.717) is 5.25 Å². The van der Waals surface area contributed by atoms with Crippen LogP contribution in [0.5, 0.6) is 5.75 Å². The topological polar surface area (TPSA) is 29.5 Å². The van der Waals surface area contributed by atoms with Crippen LogP contribution in [-0.2, 0) is 6.42 Å². The van der Waals surface area contributed by atoms with Crippen molar-refractivity contribution in [3.63, 3.8) is 0 Å². The Balaban J connectivity index is 2.09. The van der Waals surface area contributed by atoms with Crippen LogP contribution in [0.15, 0.2) is 23.1 Å². The minimum Gasteiger partial charge on any atom is -0.497 e. The molecule has 0 spiro atoms. The molecule has 1 aliphatic heterocycles. The highest BCUT2D eigenvalue weighted by Gasteiger charge is 2.23. The number of aliphatic hydroxyl groups excluding tert-OH is 1. The molecule has 2 rings (SSSR count). The van der Waals surface area contributed by atoms with E-state index in [0.717, 1.165) is 18.6 Å². The molecule has 0 bridgehead atoms. The third kappa shape index (κ3) is 2.47. The van der Waals surface area contributed by atoms with E-state index in [4.69, 9.17) is 4.74 Å². The molecule has 1 aromatic carbocycles. The lowest BCUT2D eigenvalue weighted by Gasteiger charge is -2.09. The van der Waals surface area contributed by atoms with E-state index in [9.17, 15) is 5.11 Å². The van der Waals surface area contributed by atoms with Gasteiger partial charge in [0.1, 0.15) is 5.75 Å². The summed E-state index contributed by atoms with van der Waals surface area (Å²) < 4.78 is 5.20. The first-order chi connectivity index (χ1) is 7.19. The lowest BCUT2D eigenvalue weighted by molar-refractivity contribution is 0.184. The van der Waals surface area contributed by atoms with Crippen LogP contribution in [0, 0.1) is 0 Å². The molecular weight excluding hydrogens is 208 g/mol. The molecule has 0 aromatic heterocycles. The van der Waals surface area contributed by atoms with Crippen molar-refractivity contribution in [2.45, 2.75) is 36.0 Å². The predicted octanol–water partition coefficient (Wildman–Crippen LogP) is 2.48. The van der Waals surface area contributed by atoms with Gasteiger partial charge in [-0.3, -0.25) is 0 Å². The molecule has 1 N–H and O–H groups in total. The summed E-state index contributed by atoms with van der Waals surface area (Å²) in [7, 11) is 1.69. The summed E-state index contributed by atoms with van der Waals surface area (Å²) in [6.45, 7) is 1.85. The van der Waals surface area contributed by atoms with E-state index in [-0.39, 0.29) is 6.10 Å². The predicted molar refractivity (Wildman–Crippen MR) is 62.6 cm³/mol. The number of hydrogen-bond acceptors (Lipinski definition) is 3. The van der Waals surface area contributed by atoms with Crippen molar-refractivity contribution in [2.75, 3.05) is 7.11 Å². The average Bonchev–Trinajstić information content (AvgIpc) is 2.57. The maximum atomic E-state index is 9.35. The van der Waals surface area contributed by atoms with Gasteiger partial charge in [-0.2, -0.15) is 0 Å². The highest BCUT2D eigenvalue weighted by atomic mass is 32.2. The number of rotatable bonds is 3. The highest BCUT2D eigenvalue weighted by molar-refractivity contribution is 8.00. The van der Waals surface area contributed by atoms with Gasteiger partial charge in [-0.1, -0.05) is 0 Å². The van der Waals surface area contributed by atoms with Crippen LogP contribution in [0.4, 0.5) is 0 Å². The summed E-state index contributed by atoms with van der Waals surface area (Å²) in [4.78, 5) is 1.33. The fraction of sp³-hybridized carbons (Fsp3) is 0.500. The first-order valence-electron chi connectivity index (χ1n) is 5.20. The molecule has 2 atom stereocenters. The lowest BCUT2D eigenvalue weighted by Crippen LogP contribution is -2.10. The Morgan fingerprint density at radius 2 is 2.40 bits per heavy atom. The van der Waals surface area contributed by atoms with Gasteiger partial charge in [0.05, 0.1) is 13.2 Å². The van der Waals surface area contributed by atoms with Gasteiger partial charge in [0.25, 0.3) is 0 Å². The molecule has 0 radical (unpaired) electrons. The normalized spacial score (nSPS) is 21.1. The Bertz CT molecular complexity index is 349. The second kappa shape index (κ2) is 4.45. The van der Waals surface area contributed by atoms with Crippen LogP contribution < -0.4 is 4.74 Å². The van der Waals surface area contributed by atoms with E-state index < -0.39 is 0 Å². The largest absolute Gasteiger partial charge is 0.497 e. The molecular formula is C12H16O2S. The highest BCUT2D eigenvalue weighted by Crippen LogP contribution is 2.40. The molecule has 0 saturated heterocycles. The molecule has 1 heterocycles. The van der Waals surface area contributed by atoms with Crippen LogP contribution in [0.2, 0.25) is 0 Å². The van der Waals surface area contributed by atoms with Gasteiger partial charge in [0, 0.05) is 10.1 Å². The van der Waals surface area contributed by atoms with Crippen LogP contribution in [0.3, 0.4) is 0 Å². The van der Waals surface area contributed by atoms with E-state index in [1.54, 1.807) is 7.11 Å². The maximum absolute atomic E-state index is 9.35. The Morgan fingerprint density at radius 1 is 1.60 bits per heavy atom. The molecule has 1 aromatic rings. The molecule has 0 amide bonds. The molecule has 2 unspecified atom stereocenters. The number of aliphatic hydroxyl groups is 1. The third-order valence-electron chi connectivity index (χ3n) is 2.61. The molecule has 82 valence electrons. The summed E-state index contributed by atoms with van der Waals surface area (Å²) in [6, 6.07) is 6.21. The van der Waals surface area contributed by atoms with E-state index in [1.165, 1.54) is 10.5 Å². The number of benzene rings is 1. The average molecular weight is 224 g/mol. The second-order valence-electron chi connectivity index (χ2n) is 4.00. The van der Waals surface area contributed by atoms with Gasteiger partial charge in [0.15, 0.2) is 0 Å². The Hall–Kier alpha value is -0.670. The molecule has 1 aliphatic rings. The summed E-state index contributed by atoms with van der Waals surface area (Å²) in [5.41, 5.74) is 1.35. The number of ether oxygens (including phenoxy) is 1.